The zero-order valence-corrected chi connectivity index (χ0v) is 9.67. The number of nitrogens with one attached hydrogen (secondary N) is 1. The van der Waals surface area contributed by atoms with Crippen molar-refractivity contribution < 1.29 is 0 Å². The van der Waals surface area contributed by atoms with E-state index in [0.717, 1.165) is 16.2 Å². The summed E-state index contributed by atoms with van der Waals surface area (Å²) in [5.41, 5.74) is 1.64. The summed E-state index contributed by atoms with van der Waals surface area (Å²) in [5.74, 6) is 0.558. The Morgan fingerprint density at radius 2 is 2.19 bits per heavy atom. The Bertz CT molecular complexity index is 604. The summed E-state index contributed by atoms with van der Waals surface area (Å²) >= 11 is 1.50. The number of thioether (sulfide) groups is 1. The predicted octanol–water partition coefficient (Wildman–Crippen LogP) is 1.92. The van der Waals surface area contributed by atoms with Crippen molar-refractivity contribution in [3.8, 4) is 0 Å². The fourth-order valence-corrected chi connectivity index (χ4v) is 2.17. The molecule has 4 nitrogen and oxygen atoms in total. The van der Waals surface area contributed by atoms with Crippen LogP contribution >= 0.6 is 11.8 Å². The van der Waals surface area contributed by atoms with E-state index in [0.29, 0.717) is 11.6 Å². The number of aromatic nitrogens is 3. The molecule has 1 fully saturated rings. The predicted molar refractivity (Wildman–Crippen MR) is 63.9 cm³/mol. The molecule has 0 radical (unpaired) electrons. The first-order valence-corrected chi connectivity index (χ1v) is 6.45. The van der Waals surface area contributed by atoms with Gasteiger partial charge in [-0.3, -0.25) is 4.79 Å². The van der Waals surface area contributed by atoms with Crippen LogP contribution < -0.4 is 5.56 Å². The molecule has 2 aromatic rings. The summed E-state index contributed by atoms with van der Waals surface area (Å²) in [5, 5.41) is 1.72. The Hall–Kier alpha value is -1.36. The van der Waals surface area contributed by atoms with E-state index in [2.05, 4.69) is 15.0 Å². The van der Waals surface area contributed by atoms with Gasteiger partial charge in [0.05, 0.1) is 5.69 Å². The molecule has 16 heavy (non-hydrogen) atoms. The van der Waals surface area contributed by atoms with E-state index in [1.807, 2.05) is 12.3 Å². The first kappa shape index (κ1) is 9.84. The molecule has 1 aliphatic carbocycles. The summed E-state index contributed by atoms with van der Waals surface area (Å²) in [6, 6.07) is 3.36. The second-order valence-electron chi connectivity index (χ2n) is 3.95. The molecule has 5 heteroatoms. The van der Waals surface area contributed by atoms with E-state index < -0.39 is 0 Å². The summed E-state index contributed by atoms with van der Waals surface area (Å²) in [6.07, 6.45) is 4.33. The third kappa shape index (κ3) is 1.61. The molecule has 0 bridgehead atoms. The summed E-state index contributed by atoms with van der Waals surface area (Å²) in [6.45, 7) is 0. The van der Waals surface area contributed by atoms with Crippen molar-refractivity contribution in [2.45, 2.75) is 23.9 Å². The molecule has 2 heterocycles. The van der Waals surface area contributed by atoms with Crippen LogP contribution in [0.1, 0.15) is 24.5 Å². The molecule has 0 atom stereocenters. The molecule has 1 aliphatic rings. The molecule has 1 saturated carbocycles. The van der Waals surface area contributed by atoms with E-state index >= 15 is 0 Å². The monoisotopic (exact) mass is 233 g/mol. The second-order valence-corrected chi connectivity index (χ2v) is 4.73. The van der Waals surface area contributed by atoms with Crippen LogP contribution in [0.4, 0.5) is 0 Å². The second kappa shape index (κ2) is 3.59. The zero-order chi connectivity index (χ0) is 11.1. The van der Waals surface area contributed by atoms with E-state index in [1.165, 1.54) is 30.7 Å². The van der Waals surface area contributed by atoms with Gasteiger partial charge in [0.1, 0.15) is 5.65 Å². The first-order valence-electron chi connectivity index (χ1n) is 5.23. The minimum Gasteiger partial charge on any atom is -0.306 e. The Morgan fingerprint density at radius 1 is 1.38 bits per heavy atom. The van der Waals surface area contributed by atoms with Crippen LogP contribution in [0.2, 0.25) is 0 Å². The highest BCUT2D eigenvalue weighted by molar-refractivity contribution is 7.98. The zero-order valence-electron chi connectivity index (χ0n) is 8.86. The average Bonchev–Trinajstić information content (AvgIpc) is 3.10. The molecule has 2 aromatic heterocycles. The fourth-order valence-electron chi connectivity index (χ4n) is 1.80. The maximum atomic E-state index is 11.3. The molecule has 0 aromatic carbocycles. The average molecular weight is 233 g/mol. The lowest BCUT2D eigenvalue weighted by molar-refractivity contribution is 0.907. The number of pyridine rings is 1. The highest BCUT2D eigenvalue weighted by atomic mass is 32.2. The molecular weight excluding hydrogens is 222 g/mol. The largest absolute Gasteiger partial charge is 0.306 e. The summed E-state index contributed by atoms with van der Waals surface area (Å²) in [7, 11) is 0. The van der Waals surface area contributed by atoms with Crippen molar-refractivity contribution in [1.29, 1.82) is 0 Å². The lowest BCUT2D eigenvalue weighted by atomic mass is 10.2. The van der Waals surface area contributed by atoms with Crippen LogP contribution in [0.15, 0.2) is 22.1 Å². The SMILES string of the molecule is CSc1nc(C2CC2)c2ccc(=O)[nH]c2n1. The van der Waals surface area contributed by atoms with E-state index in [9.17, 15) is 4.79 Å². The van der Waals surface area contributed by atoms with Crippen molar-refractivity contribution >= 4 is 22.8 Å². The van der Waals surface area contributed by atoms with Crippen LogP contribution in [-0.4, -0.2) is 21.2 Å². The molecule has 0 spiro atoms. The normalized spacial score (nSPS) is 15.6. The molecule has 0 saturated heterocycles. The molecule has 0 unspecified atom stereocenters. The van der Waals surface area contributed by atoms with E-state index in [1.54, 1.807) is 0 Å². The van der Waals surface area contributed by atoms with Crippen LogP contribution in [0.3, 0.4) is 0 Å². The van der Waals surface area contributed by atoms with Gasteiger partial charge in [-0.2, -0.15) is 0 Å². The van der Waals surface area contributed by atoms with Gasteiger partial charge in [-0.15, -0.1) is 0 Å². The van der Waals surface area contributed by atoms with Gasteiger partial charge in [0.15, 0.2) is 5.16 Å². The van der Waals surface area contributed by atoms with Gasteiger partial charge in [-0.05, 0) is 25.2 Å². The third-order valence-electron chi connectivity index (χ3n) is 2.74. The molecule has 0 aliphatic heterocycles. The minimum atomic E-state index is -0.111. The quantitative estimate of drug-likeness (QED) is 0.636. The minimum absolute atomic E-state index is 0.111. The molecule has 0 amide bonds. The van der Waals surface area contributed by atoms with Gasteiger partial charge >= 0.3 is 0 Å². The molecule has 3 rings (SSSR count). The number of H-pyrrole nitrogens is 1. The Kier molecular flexibility index (Phi) is 2.21. The lowest BCUT2D eigenvalue weighted by Crippen LogP contribution is -2.06. The van der Waals surface area contributed by atoms with E-state index in [-0.39, 0.29) is 5.56 Å². The van der Waals surface area contributed by atoms with Crippen molar-refractivity contribution in [2.24, 2.45) is 0 Å². The van der Waals surface area contributed by atoms with Crippen molar-refractivity contribution in [3.05, 3.63) is 28.2 Å². The van der Waals surface area contributed by atoms with Gasteiger partial charge < -0.3 is 4.98 Å². The Labute approximate surface area is 96.5 Å². The first-order chi connectivity index (χ1) is 7.78. The van der Waals surface area contributed by atoms with Crippen molar-refractivity contribution in [1.82, 2.24) is 15.0 Å². The Morgan fingerprint density at radius 3 is 2.88 bits per heavy atom. The summed E-state index contributed by atoms with van der Waals surface area (Å²) < 4.78 is 0. The van der Waals surface area contributed by atoms with Crippen LogP contribution in [0.5, 0.6) is 0 Å². The van der Waals surface area contributed by atoms with Crippen LogP contribution in [0.25, 0.3) is 11.0 Å². The third-order valence-corrected chi connectivity index (χ3v) is 3.29. The highest BCUT2D eigenvalue weighted by Crippen LogP contribution is 2.41. The number of hydrogen-bond donors (Lipinski definition) is 1. The number of aromatic amines is 1. The van der Waals surface area contributed by atoms with Gasteiger partial charge in [0, 0.05) is 17.4 Å². The van der Waals surface area contributed by atoms with Crippen LogP contribution in [-0.2, 0) is 0 Å². The maximum Gasteiger partial charge on any atom is 0.249 e. The van der Waals surface area contributed by atoms with Crippen LogP contribution in [0, 0.1) is 0 Å². The smallest absolute Gasteiger partial charge is 0.249 e. The Balaban J connectivity index is 2.32. The highest BCUT2D eigenvalue weighted by Gasteiger charge is 2.27. The topological polar surface area (TPSA) is 58.6 Å². The molecule has 1 N–H and O–H groups in total. The van der Waals surface area contributed by atoms with E-state index in [4.69, 9.17) is 0 Å². The standard InChI is InChI=1S/C11H11N3OS/c1-16-11-13-9(6-2-3-6)7-4-5-8(15)12-10(7)14-11/h4-6H,2-3H2,1H3,(H,12,13,14,15). The lowest BCUT2D eigenvalue weighted by Gasteiger charge is -2.05. The van der Waals surface area contributed by atoms with Gasteiger partial charge in [-0.1, -0.05) is 11.8 Å². The molecular formula is C11H11N3OS. The van der Waals surface area contributed by atoms with Crippen molar-refractivity contribution in [2.75, 3.05) is 6.26 Å². The number of rotatable bonds is 2. The number of hydrogen-bond acceptors (Lipinski definition) is 4. The van der Waals surface area contributed by atoms with Crippen molar-refractivity contribution in [3.63, 3.8) is 0 Å². The maximum absolute atomic E-state index is 11.3. The summed E-state index contributed by atoms with van der Waals surface area (Å²) in [4.78, 5) is 22.9. The van der Waals surface area contributed by atoms with Gasteiger partial charge in [0.25, 0.3) is 0 Å². The molecule has 82 valence electrons. The van der Waals surface area contributed by atoms with Gasteiger partial charge in [0.2, 0.25) is 5.56 Å². The van der Waals surface area contributed by atoms with Gasteiger partial charge in [-0.25, -0.2) is 9.97 Å². The number of nitrogens with zero attached hydrogens (tertiary/aromatic N) is 2. The fraction of sp³-hybridized carbons (Fsp3) is 0.364. The number of fused-ring (bicyclic) bond motifs is 1.